The molecular formula is C21H26N2O5S. The molecule has 7 nitrogen and oxygen atoms in total. The SMILES string of the molecule is CCc1ccc(C(=O)Nc2ccc(S(=O)(=O)NCC(=O)OC(C)(C)C)cc2)cc1. The van der Waals surface area contributed by atoms with Crippen LogP contribution in [0.4, 0.5) is 5.69 Å². The van der Waals surface area contributed by atoms with E-state index in [9.17, 15) is 18.0 Å². The Morgan fingerprint density at radius 3 is 2.07 bits per heavy atom. The first-order chi connectivity index (χ1) is 13.5. The Balaban J connectivity index is 1.99. The Hall–Kier alpha value is -2.71. The van der Waals surface area contributed by atoms with Crippen LogP contribution in [-0.2, 0) is 26.0 Å². The molecule has 0 aliphatic heterocycles. The average molecular weight is 419 g/mol. The summed E-state index contributed by atoms with van der Waals surface area (Å²) in [7, 11) is -3.88. The Morgan fingerprint density at radius 2 is 1.55 bits per heavy atom. The number of nitrogens with one attached hydrogen (secondary N) is 2. The quantitative estimate of drug-likeness (QED) is 0.673. The molecule has 0 aromatic heterocycles. The maximum Gasteiger partial charge on any atom is 0.321 e. The van der Waals surface area contributed by atoms with Crippen molar-refractivity contribution < 1.29 is 22.7 Å². The second kappa shape index (κ2) is 9.19. The van der Waals surface area contributed by atoms with Gasteiger partial charge in [0.1, 0.15) is 12.1 Å². The van der Waals surface area contributed by atoms with Crippen LogP contribution in [0, 0.1) is 0 Å². The lowest BCUT2D eigenvalue weighted by Crippen LogP contribution is -2.34. The molecule has 0 fully saturated rings. The summed E-state index contributed by atoms with van der Waals surface area (Å²) in [6, 6.07) is 12.9. The zero-order valence-corrected chi connectivity index (χ0v) is 17.8. The number of ether oxygens (including phenoxy) is 1. The van der Waals surface area contributed by atoms with Crippen molar-refractivity contribution in [3.05, 3.63) is 59.7 Å². The van der Waals surface area contributed by atoms with E-state index in [-0.39, 0.29) is 10.8 Å². The highest BCUT2D eigenvalue weighted by molar-refractivity contribution is 7.89. The molecule has 156 valence electrons. The molecular weight excluding hydrogens is 392 g/mol. The van der Waals surface area contributed by atoms with Gasteiger partial charge in [-0.2, -0.15) is 4.72 Å². The lowest BCUT2D eigenvalue weighted by molar-refractivity contribution is -0.153. The normalized spacial score (nSPS) is 11.7. The van der Waals surface area contributed by atoms with Crippen LogP contribution in [-0.4, -0.2) is 32.4 Å². The molecule has 0 aliphatic carbocycles. The molecule has 0 spiro atoms. The molecule has 2 N–H and O–H groups in total. The van der Waals surface area contributed by atoms with Crippen molar-refractivity contribution in [1.29, 1.82) is 0 Å². The van der Waals surface area contributed by atoms with Crippen molar-refractivity contribution in [1.82, 2.24) is 4.72 Å². The Kier molecular flexibility index (Phi) is 7.16. The van der Waals surface area contributed by atoms with Crippen LogP contribution in [0.2, 0.25) is 0 Å². The maximum absolute atomic E-state index is 12.3. The molecule has 2 aromatic carbocycles. The van der Waals surface area contributed by atoms with Gasteiger partial charge in [-0.25, -0.2) is 8.42 Å². The van der Waals surface area contributed by atoms with Crippen molar-refractivity contribution >= 4 is 27.6 Å². The molecule has 2 rings (SSSR count). The molecule has 29 heavy (non-hydrogen) atoms. The topological polar surface area (TPSA) is 102 Å². The van der Waals surface area contributed by atoms with E-state index in [1.54, 1.807) is 32.9 Å². The minimum atomic E-state index is -3.88. The lowest BCUT2D eigenvalue weighted by Gasteiger charge is -2.19. The van der Waals surface area contributed by atoms with Gasteiger partial charge in [0, 0.05) is 11.3 Å². The van der Waals surface area contributed by atoms with Crippen LogP contribution in [0.25, 0.3) is 0 Å². The second-order valence-corrected chi connectivity index (χ2v) is 9.21. The molecule has 0 radical (unpaired) electrons. The standard InChI is InChI=1S/C21H26N2O5S/c1-5-15-6-8-16(9-7-15)20(25)23-17-10-12-18(13-11-17)29(26,27)22-14-19(24)28-21(2,3)4/h6-13,22H,5,14H2,1-4H3,(H,23,25). The number of hydrogen-bond acceptors (Lipinski definition) is 5. The van der Waals surface area contributed by atoms with E-state index in [1.165, 1.54) is 24.3 Å². The summed E-state index contributed by atoms with van der Waals surface area (Å²) in [6.45, 7) is 6.67. The Morgan fingerprint density at radius 1 is 0.966 bits per heavy atom. The predicted molar refractivity (Wildman–Crippen MR) is 111 cm³/mol. The molecule has 0 aliphatic rings. The minimum Gasteiger partial charge on any atom is -0.459 e. The molecule has 0 bridgehead atoms. The van der Waals surface area contributed by atoms with E-state index in [0.29, 0.717) is 11.3 Å². The van der Waals surface area contributed by atoms with Gasteiger partial charge in [-0.15, -0.1) is 0 Å². The lowest BCUT2D eigenvalue weighted by atomic mass is 10.1. The number of hydrogen-bond donors (Lipinski definition) is 2. The van der Waals surface area contributed by atoms with Gasteiger partial charge in [0.15, 0.2) is 0 Å². The molecule has 0 heterocycles. The van der Waals surface area contributed by atoms with E-state index in [4.69, 9.17) is 4.74 Å². The number of carbonyl (C=O) groups excluding carboxylic acids is 2. The number of aryl methyl sites for hydroxylation is 1. The van der Waals surface area contributed by atoms with Crippen LogP contribution >= 0.6 is 0 Å². The first kappa shape index (κ1) is 22.6. The average Bonchev–Trinajstić information content (AvgIpc) is 2.65. The second-order valence-electron chi connectivity index (χ2n) is 7.44. The molecule has 8 heteroatoms. The van der Waals surface area contributed by atoms with Crippen molar-refractivity contribution in [2.24, 2.45) is 0 Å². The fourth-order valence-corrected chi connectivity index (χ4v) is 3.40. The summed E-state index contributed by atoms with van der Waals surface area (Å²) in [5.41, 5.74) is 1.41. The molecule has 0 saturated carbocycles. The molecule has 1 amide bonds. The summed E-state index contributed by atoms with van der Waals surface area (Å²) in [4.78, 5) is 24.0. The van der Waals surface area contributed by atoms with Crippen molar-refractivity contribution in [3.63, 3.8) is 0 Å². The predicted octanol–water partition coefficient (Wildman–Crippen LogP) is 3.12. The van der Waals surface area contributed by atoms with E-state index < -0.39 is 28.1 Å². The summed E-state index contributed by atoms with van der Waals surface area (Å²) in [5.74, 6) is -0.953. The summed E-state index contributed by atoms with van der Waals surface area (Å²) in [5, 5.41) is 2.72. The summed E-state index contributed by atoms with van der Waals surface area (Å²) < 4.78 is 31.9. The first-order valence-corrected chi connectivity index (χ1v) is 10.7. The van der Waals surface area contributed by atoms with Gasteiger partial charge >= 0.3 is 5.97 Å². The van der Waals surface area contributed by atoms with Gasteiger partial charge in [-0.3, -0.25) is 9.59 Å². The largest absolute Gasteiger partial charge is 0.459 e. The number of benzene rings is 2. The van der Waals surface area contributed by atoms with Crippen LogP contribution in [0.15, 0.2) is 53.4 Å². The fourth-order valence-electron chi connectivity index (χ4n) is 2.43. The first-order valence-electron chi connectivity index (χ1n) is 9.22. The van der Waals surface area contributed by atoms with Crippen LogP contribution in [0.1, 0.15) is 43.6 Å². The van der Waals surface area contributed by atoms with E-state index >= 15 is 0 Å². The zero-order chi connectivity index (χ0) is 21.7. The summed E-state index contributed by atoms with van der Waals surface area (Å²) in [6.07, 6.45) is 0.889. The van der Waals surface area contributed by atoms with Crippen LogP contribution < -0.4 is 10.0 Å². The zero-order valence-electron chi connectivity index (χ0n) is 17.0. The highest BCUT2D eigenvalue weighted by Gasteiger charge is 2.20. The number of carbonyl (C=O) groups is 2. The molecule has 0 atom stereocenters. The van der Waals surface area contributed by atoms with Gasteiger partial charge in [0.05, 0.1) is 4.90 Å². The number of anilines is 1. The van der Waals surface area contributed by atoms with Gasteiger partial charge in [0.25, 0.3) is 5.91 Å². The number of amides is 1. The van der Waals surface area contributed by atoms with Crippen molar-refractivity contribution in [3.8, 4) is 0 Å². The van der Waals surface area contributed by atoms with Crippen LogP contribution in [0.3, 0.4) is 0 Å². The smallest absolute Gasteiger partial charge is 0.321 e. The fraction of sp³-hybridized carbons (Fsp3) is 0.333. The van der Waals surface area contributed by atoms with Crippen LogP contribution in [0.5, 0.6) is 0 Å². The summed E-state index contributed by atoms with van der Waals surface area (Å²) >= 11 is 0. The van der Waals surface area contributed by atoms with E-state index in [1.807, 2.05) is 19.1 Å². The van der Waals surface area contributed by atoms with Crippen molar-refractivity contribution in [2.45, 2.75) is 44.6 Å². The highest BCUT2D eigenvalue weighted by Crippen LogP contribution is 2.16. The van der Waals surface area contributed by atoms with Crippen molar-refractivity contribution in [2.75, 3.05) is 11.9 Å². The minimum absolute atomic E-state index is 0.0219. The number of sulfonamides is 1. The monoisotopic (exact) mass is 418 g/mol. The third-order valence-corrected chi connectivity index (χ3v) is 5.29. The third-order valence-electron chi connectivity index (χ3n) is 3.87. The number of esters is 1. The highest BCUT2D eigenvalue weighted by atomic mass is 32.2. The Bertz CT molecular complexity index is 960. The van der Waals surface area contributed by atoms with Gasteiger partial charge < -0.3 is 10.1 Å². The third kappa shape index (κ3) is 6.99. The Labute approximate surface area is 171 Å². The van der Waals surface area contributed by atoms with Gasteiger partial charge in [-0.05, 0) is 69.2 Å². The number of rotatable bonds is 7. The van der Waals surface area contributed by atoms with Gasteiger partial charge in [0.2, 0.25) is 10.0 Å². The van der Waals surface area contributed by atoms with E-state index in [0.717, 1.165) is 12.0 Å². The van der Waals surface area contributed by atoms with Gasteiger partial charge in [-0.1, -0.05) is 19.1 Å². The molecule has 0 unspecified atom stereocenters. The maximum atomic E-state index is 12.3. The molecule has 2 aromatic rings. The van der Waals surface area contributed by atoms with E-state index in [2.05, 4.69) is 10.0 Å². The molecule has 0 saturated heterocycles.